The van der Waals surface area contributed by atoms with Gasteiger partial charge in [0, 0.05) is 18.9 Å². The number of ether oxygens (including phenoxy) is 1. The van der Waals surface area contributed by atoms with Crippen molar-refractivity contribution in [3.63, 3.8) is 0 Å². The summed E-state index contributed by atoms with van der Waals surface area (Å²) in [5, 5.41) is 0. The molecular formula is C20H23N5O4. The van der Waals surface area contributed by atoms with Gasteiger partial charge in [0.15, 0.2) is 12.2 Å². The summed E-state index contributed by atoms with van der Waals surface area (Å²) in [6, 6.07) is 8.75. The quantitative estimate of drug-likeness (QED) is 0.713. The molecule has 0 radical (unpaired) electrons. The number of hydrogen-bond acceptors (Lipinski definition) is 7. The Kier molecular flexibility index (Phi) is 4.52. The molecule has 9 heteroatoms. The number of hydrogen-bond donors (Lipinski definition) is 0. The van der Waals surface area contributed by atoms with Crippen LogP contribution in [0, 0.1) is 0 Å². The van der Waals surface area contributed by atoms with Crippen molar-refractivity contribution in [2.24, 2.45) is 4.99 Å². The third kappa shape index (κ3) is 2.84. The third-order valence-corrected chi connectivity index (χ3v) is 5.61. The highest BCUT2D eigenvalue weighted by Crippen LogP contribution is 2.38. The topological polar surface area (TPSA) is 85.8 Å². The Balaban J connectivity index is 1.66. The lowest BCUT2D eigenvalue weighted by molar-refractivity contribution is -0.148. The maximum Gasteiger partial charge on any atom is 0.328 e. The monoisotopic (exact) mass is 397 g/mol. The number of aliphatic imine (C=N–C) groups is 1. The molecule has 1 fully saturated rings. The molecule has 29 heavy (non-hydrogen) atoms. The Morgan fingerprint density at radius 3 is 2.59 bits per heavy atom. The number of allylic oxidation sites excluding steroid dienone is 1. The molecule has 3 heterocycles. The van der Waals surface area contributed by atoms with E-state index in [2.05, 4.69) is 16.6 Å². The van der Waals surface area contributed by atoms with Crippen LogP contribution >= 0.6 is 0 Å². The van der Waals surface area contributed by atoms with Gasteiger partial charge in [-0.05, 0) is 19.4 Å². The first-order chi connectivity index (χ1) is 13.8. The van der Waals surface area contributed by atoms with Crippen molar-refractivity contribution in [2.75, 3.05) is 20.7 Å². The van der Waals surface area contributed by atoms with E-state index in [1.165, 1.54) is 12.0 Å². The standard InChI is InChI=1S/C20H23N5O4/c1-12-10-23-16-17(22(3)20(28)24(18(16)27)11-15(26)29-4)21-19(23)25(12)13(2)14-8-6-5-7-9-14/h5-10,13,16-17H,11H2,1-4H3. The molecule has 0 aromatic heterocycles. The molecule has 0 aliphatic carbocycles. The second-order valence-electron chi connectivity index (χ2n) is 7.32. The molecule has 0 N–H and O–H groups in total. The van der Waals surface area contributed by atoms with Crippen LogP contribution in [-0.2, 0) is 14.3 Å². The van der Waals surface area contributed by atoms with Gasteiger partial charge in [-0.15, -0.1) is 0 Å². The van der Waals surface area contributed by atoms with Gasteiger partial charge in [-0.2, -0.15) is 0 Å². The smallest absolute Gasteiger partial charge is 0.328 e. The van der Waals surface area contributed by atoms with E-state index < -0.39 is 36.7 Å². The molecular weight excluding hydrogens is 374 g/mol. The maximum absolute atomic E-state index is 13.1. The van der Waals surface area contributed by atoms with Crippen LogP contribution in [0.4, 0.5) is 4.79 Å². The van der Waals surface area contributed by atoms with Crippen molar-refractivity contribution in [3.05, 3.63) is 47.8 Å². The molecule has 3 amide bonds. The average Bonchev–Trinajstić information content (AvgIpc) is 3.24. The summed E-state index contributed by atoms with van der Waals surface area (Å²) in [5.41, 5.74) is 2.06. The molecule has 152 valence electrons. The highest BCUT2D eigenvalue weighted by atomic mass is 16.5. The van der Waals surface area contributed by atoms with Crippen LogP contribution in [0.3, 0.4) is 0 Å². The fourth-order valence-electron chi connectivity index (χ4n) is 4.07. The number of nitrogens with zero attached hydrogens (tertiary/aromatic N) is 5. The van der Waals surface area contributed by atoms with Gasteiger partial charge < -0.3 is 19.4 Å². The third-order valence-electron chi connectivity index (χ3n) is 5.61. The van der Waals surface area contributed by atoms with E-state index >= 15 is 0 Å². The number of imide groups is 1. The van der Waals surface area contributed by atoms with Gasteiger partial charge in [0.1, 0.15) is 6.54 Å². The van der Waals surface area contributed by atoms with E-state index in [1.54, 1.807) is 11.9 Å². The van der Waals surface area contributed by atoms with Gasteiger partial charge in [-0.25, -0.2) is 9.79 Å². The zero-order chi connectivity index (χ0) is 20.9. The van der Waals surface area contributed by atoms with Crippen LogP contribution in [0.2, 0.25) is 0 Å². The minimum Gasteiger partial charge on any atom is -0.468 e. The molecule has 3 aliphatic heterocycles. The number of guanidine groups is 1. The minimum atomic E-state index is -0.708. The second kappa shape index (κ2) is 6.91. The Hall–Kier alpha value is -3.36. The Labute approximate surface area is 168 Å². The summed E-state index contributed by atoms with van der Waals surface area (Å²) < 4.78 is 4.63. The lowest BCUT2D eigenvalue weighted by Gasteiger charge is -2.39. The average molecular weight is 397 g/mol. The molecule has 3 unspecified atom stereocenters. The maximum atomic E-state index is 13.1. The van der Waals surface area contributed by atoms with Gasteiger partial charge in [0.05, 0.1) is 13.2 Å². The van der Waals surface area contributed by atoms with E-state index in [1.807, 2.05) is 43.5 Å². The number of fused-ring (bicyclic) bond motifs is 3. The van der Waals surface area contributed by atoms with Crippen molar-refractivity contribution in [2.45, 2.75) is 32.1 Å². The highest BCUT2D eigenvalue weighted by molar-refractivity contribution is 6.06. The van der Waals surface area contributed by atoms with Crippen molar-refractivity contribution in [3.8, 4) is 0 Å². The number of urea groups is 1. The first-order valence-corrected chi connectivity index (χ1v) is 9.39. The molecule has 4 rings (SSSR count). The number of esters is 1. The van der Waals surface area contributed by atoms with Gasteiger partial charge in [0.25, 0.3) is 5.91 Å². The summed E-state index contributed by atoms with van der Waals surface area (Å²) in [7, 11) is 2.81. The van der Waals surface area contributed by atoms with Gasteiger partial charge in [-0.3, -0.25) is 14.5 Å². The normalized spacial score (nSPS) is 24.3. The first-order valence-electron chi connectivity index (χ1n) is 9.39. The summed E-state index contributed by atoms with van der Waals surface area (Å²) in [6.45, 7) is 3.61. The fraction of sp³-hybridized carbons (Fsp3) is 0.400. The molecule has 3 atom stereocenters. The van der Waals surface area contributed by atoms with E-state index in [-0.39, 0.29) is 6.04 Å². The summed E-state index contributed by atoms with van der Waals surface area (Å²) in [5.74, 6) is -0.479. The highest BCUT2D eigenvalue weighted by Gasteiger charge is 2.55. The van der Waals surface area contributed by atoms with E-state index in [4.69, 9.17) is 4.99 Å². The Morgan fingerprint density at radius 1 is 1.24 bits per heavy atom. The predicted molar refractivity (Wildman–Crippen MR) is 104 cm³/mol. The van der Waals surface area contributed by atoms with E-state index in [9.17, 15) is 14.4 Å². The Morgan fingerprint density at radius 2 is 1.93 bits per heavy atom. The summed E-state index contributed by atoms with van der Waals surface area (Å²) in [6.07, 6.45) is 1.23. The second-order valence-corrected chi connectivity index (χ2v) is 7.32. The summed E-state index contributed by atoms with van der Waals surface area (Å²) in [4.78, 5) is 48.4. The zero-order valence-corrected chi connectivity index (χ0v) is 16.8. The van der Waals surface area contributed by atoms with Crippen molar-refractivity contribution >= 4 is 23.9 Å². The lowest BCUT2D eigenvalue weighted by Crippen LogP contribution is -2.65. The molecule has 1 aromatic carbocycles. The van der Waals surface area contributed by atoms with Crippen LogP contribution in [-0.4, -0.2) is 76.4 Å². The number of likely N-dealkylation sites (N-methyl/N-ethyl adjacent to an activating group) is 1. The van der Waals surface area contributed by atoms with Crippen LogP contribution in [0.1, 0.15) is 25.5 Å². The van der Waals surface area contributed by atoms with Crippen LogP contribution in [0.25, 0.3) is 0 Å². The first kappa shape index (κ1) is 19.0. The number of carbonyl (C=O) groups is 3. The SMILES string of the molecule is COC(=O)CN1C(=O)C2C(N=C3N2C=C(C)N3C(C)c2ccccc2)N(C)C1=O. The van der Waals surface area contributed by atoms with Gasteiger partial charge in [-0.1, -0.05) is 30.3 Å². The number of carbonyl (C=O) groups excluding carboxylic acids is 3. The lowest BCUT2D eigenvalue weighted by atomic mass is 10.1. The molecule has 0 saturated carbocycles. The van der Waals surface area contributed by atoms with Crippen LogP contribution in [0.5, 0.6) is 0 Å². The summed E-state index contributed by atoms with van der Waals surface area (Å²) >= 11 is 0. The van der Waals surface area contributed by atoms with Crippen molar-refractivity contribution in [1.29, 1.82) is 0 Å². The van der Waals surface area contributed by atoms with Crippen LogP contribution in [0.15, 0.2) is 47.2 Å². The molecule has 0 spiro atoms. The minimum absolute atomic E-state index is 0.00126. The predicted octanol–water partition coefficient (Wildman–Crippen LogP) is 1.36. The number of amides is 3. The molecule has 3 aliphatic rings. The number of methoxy groups -OCH3 is 1. The van der Waals surface area contributed by atoms with E-state index in [0.29, 0.717) is 5.96 Å². The molecule has 1 aromatic rings. The van der Waals surface area contributed by atoms with Crippen molar-refractivity contribution < 1.29 is 19.1 Å². The molecule has 9 nitrogen and oxygen atoms in total. The fourth-order valence-corrected chi connectivity index (χ4v) is 4.07. The van der Waals surface area contributed by atoms with Gasteiger partial charge >= 0.3 is 12.0 Å². The molecule has 0 bridgehead atoms. The number of rotatable bonds is 4. The van der Waals surface area contributed by atoms with Crippen molar-refractivity contribution in [1.82, 2.24) is 19.6 Å². The molecule has 1 saturated heterocycles. The zero-order valence-electron chi connectivity index (χ0n) is 16.8. The van der Waals surface area contributed by atoms with E-state index in [0.717, 1.165) is 16.2 Å². The largest absolute Gasteiger partial charge is 0.468 e. The Bertz CT molecular complexity index is 928. The van der Waals surface area contributed by atoms with Crippen LogP contribution < -0.4 is 0 Å². The number of benzene rings is 1. The van der Waals surface area contributed by atoms with Gasteiger partial charge in [0.2, 0.25) is 5.96 Å².